The molecule has 1 fully saturated rings. The van der Waals surface area contributed by atoms with E-state index >= 15 is 0 Å². The number of amides is 1. The smallest absolute Gasteiger partial charge is 0.277 e. The van der Waals surface area contributed by atoms with E-state index in [1.165, 1.54) is 27.8 Å². The molecule has 0 aliphatic carbocycles. The van der Waals surface area contributed by atoms with Crippen molar-refractivity contribution in [2.24, 2.45) is 0 Å². The van der Waals surface area contributed by atoms with E-state index in [2.05, 4.69) is 90.4 Å². The van der Waals surface area contributed by atoms with E-state index in [9.17, 15) is 9.90 Å². The second-order valence-corrected chi connectivity index (χ2v) is 15.6. The SMILES string of the molecule is C=Cc1c(C)c2cc3nc(c(C)c4nc(cc5[nH]c(cc1[nH]2)c(C)c5CC)C(C)=C4)CC3C.CC.CCC(=O)N(C)CCCSC1CC(O)CC(CO)O1.[B]O. The quantitative estimate of drug-likeness (QED) is 0.108. The van der Waals surface area contributed by atoms with Crippen molar-refractivity contribution < 1.29 is 24.8 Å². The Morgan fingerprint density at radius 2 is 1.70 bits per heavy atom. The maximum Gasteiger partial charge on any atom is 0.277 e. The molecule has 1 amide bonds. The third kappa shape index (κ3) is 11.5. The first-order chi connectivity index (χ1) is 26.9. The lowest BCUT2D eigenvalue weighted by Gasteiger charge is -2.31. The van der Waals surface area contributed by atoms with Crippen LogP contribution in [0.15, 0.2) is 24.8 Å². The molecule has 0 aromatic carbocycles. The number of aromatic nitrogens is 4. The predicted molar refractivity (Wildman–Crippen MR) is 236 cm³/mol. The second-order valence-electron chi connectivity index (χ2n) is 14.3. The number of nitrogens with zero attached hydrogens (tertiary/aromatic N) is 3. The number of ether oxygens (including phenoxy) is 1. The van der Waals surface area contributed by atoms with Crippen LogP contribution in [0, 0.1) is 20.8 Å². The molecule has 4 unspecified atom stereocenters. The van der Waals surface area contributed by atoms with Gasteiger partial charge in [-0.05, 0) is 105 Å². The molecule has 4 atom stereocenters. The highest BCUT2D eigenvalue weighted by Gasteiger charge is 2.28. The summed E-state index contributed by atoms with van der Waals surface area (Å²) in [7, 11) is 5.32. The Morgan fingerprint density at radius 3 is 2.34 bits per heavy atom. The summed E-state index contributed by atoms with van der Waals surface area (Å²) in [5, 5.41) is 25.2. The molecule has 6 rings (SSSR count). The second kappa shape index (κ2) is 22.3. The average Bonchev–Trinajstić information content (AvgIpc) is 3.93. The standard InChI is InChI=1S/C29H32N4.C13H25NO4S.C2H6.BHO/c1-8-20-18(6)27-14-29-21(9-2)17(5)26(32-29)12-22-15(3)10-24(30-22)19(7)25-11-16(4)23(31-25)13-28(20)33-27;1-3-12(17)14(2)5-4-6-19-13-8-10(16)7-11(9-15)18-13;2*1-2/h9,11-15,32-33H,2,8,10H2,1,3-7H3;10-11,13,15-16H,3-9H2,1-2H3;1-2H3;2H. The molecule has 0 saturated carbocycles. The molecule has 56 heavy (non-hydrogen) atoms. The van der Waals surface area contributed by atoms with Gasteiger partial charge in [-0.15, -0.1) is 11.8 Å². The topological polar surface area (TPSA) is 148 Å². The van der Waals surface area contributed by atoms with E-state index in [4.69, 9.17) is 24.8 Å². The lowest BCUT2D eigenvalue weighted by Crippen LogP contribution is -2.36. The van der Waals surface area contributed by atoms with Crippen molar-refractivity contribution in [2.45, 2.75) is 124 Å². The van der Waals surface area contributed by atoms with Crippen molar-refractivity contribution in [3.8, 4) is 0 Å². The number of aliphatic hydroxyl groups excluding tert-OH is 2. The molecule has 10 nitrogen and oxygen atoms in total. The van der Waals surface area contributed by atoms with Crippen LogP contribution in [0.5, 0.6) is 0 Å². The Balaban J connectivity index is 0.000000313. The van der Waals surface area contributed by atoms with Crippen LogP contribution in [0.25, 0.3) is 39.8 Å². The van der Waals surface area contributed by atoms with Crippen LogP contribution in [-0.4, -0.2) is 97.6 Å². The zero-order valence-electron chi connectivity index (χ0n) is 35.3. The van der Waals surface area contributed by atoms with Gasteiger partial charge in [-0.2, -0.15) is 0 Å². The molecule has 6 heterocycles. The number of aliphatic hydroxyl groups is 2. The first kappa shape index (κ1) is 46.7. The van der Waals surface area contributed by atoms with Crippen LogP contribution in [-0.2, 0) is 22.4 Å². The summed E-state index contributed by atoms with van der Waals surface area (Å²) < 4.78 is 5.65. The molecular weight excluding hydrogens is 721 g/mol. The van der Waals surface area contributed by atoms with Crippen molar-refractivity contribution >= 4 is 65.5 Å². The fourth-order valence-electron chi connectivity index (χ4n) is 7.22. The van der Waals surface area contributed by atoms with Gasteiger partial charge in [0.1, 0.15) is 5.44 Å². The number of hydrogen-bond acceptors (Lipinski definition) is 8. The Hall–Kier alpha value is -3.68. The minimum absolute atomic E-state index is 0.0398. The number of hydrogen-bond donors (Lipinski definition) is 5. The van der Waals surface area contributed by atoms with E-state index < -0.39 is 0 Å². The third-order valence-electron chi connectivity index (χ3n) is 10.5. The maximum atomic E-state index is 11.4. The van der Waals surface area contributed by atoms with Crippen molar-refractivity contribution in [2.75, 3.05) is 26.0 Å². The summed E-state index contributed by atoms with van der Waals surface area (Å²) in [5.74, 6) is 1.42. The Labute approximate surface area is 339 Å². The number of aromatic amines is 2. The van der Waals surface area contributed by atoms with Gasteiger partial charge in [-0.1, -0.05) is 47.3 Å². The molecule has 1 saturated heterocycles. The van der Waals surface area contributed by atoms with Gasteiger partial charge in [0.25, 0.3) is 8.05 Å². The summed E-state index contributed by atoms with van der Waals surface area (Å²) in [6, 6.07) is 6.63. The Morgan fingerprint density at radius 1 is 1.02 bits per heavy atom. The zero-order chi connectivity index (χ0) is 41.7. The monoisotopic (exact) mass is 785 g/mol. The number of rotatable bonds is 9. The summed E-state index contributed by atoms with van der Waals surface area (Å²) in [4.78, 5) is 30.5. The molecule has 3 aliphatic rings. The first-order valence-electron chi connectivity index (χ1n) is 20.0. The van der Waals surface area contributed by atoms with Gasteiger partial charge in [0.05, 0.1) is 30.2 Å². The summed E-state index contributed by atoms with van der Waals surface area (Å²) in [6.07, 6.45) is 8.00. The van der Waals surface area contributed by atoms with Crippen molar-refractivity contribution in [1.82, 2.24) is 24.8 Å². The van der Waals surface area contributed by atoms with Gasteiger partial charge in [0.15, 0.2) is 0 Å². The van der Waals surface area contributed by atoms with Gasteiger partial charge in [0.2, 0.25) is 5.91 Å². The number of allylic oxidation sites excluding steroid dienone is 1. The van der Waals surface area contributed by atoms with Crippen LogP contribution >= 0.6 is 11.8 Å². The molecule has 8 bridgehead atoms. The highest BCUT2D eigenvalue weighted by molar-refractivity contribution is 7.99. The number of thioether (sulfide) groups is 1. The van der Waals surface area contributed by atoms with Gasteiger partial charge >= 0.3 is 0 Å². The third-order valence-corrected chi connectivity index (χ3v) is 11.7. The fourth-order valence-corrected chi connectivity index (χ4v) is 8.37. The summed E-state index contributed by atoms with van der Waals surface area (Å²) >= 11 is 1.65. The van der Waals surface area contributed by atoms with Crippen LogP contribution in [0.1, 0.15) is 124 Å². The number of aryl methyl sites for hydroxylation is 3. The molecular formula is C44H64BN5O5S. The number of fused-ring (bicyclic) bond motifs is 8. The Bertz CT molecular complexity index is 1990. The van der Waals surface area contributed by atoms with Crippen LogP contribution in [0.4, 0.5) is 0 Å². The van der Waals surface area contributed by atoms with Gasteiger partial charge in [-0.25, -0.2) is 4.98 Å². The zero-order valence-corrected chi connectivity index (χ0v) is 36.1. The molecule has 304 valence electrons. The lowest BCUT2D eigenvalue weighted by atomic mass is 10.0. The largest absolute Gasteiger partial charge is 0.461 e. The molecule has 2 radical (unpaired) electrons. The van der Waals surface area contributed by atoms with E-state index in [0.717, 1.165) is 82.0 Å². The van der Waals surface area contributed by atoms with Crippen molar-refractivity contribution in [1.29, 1.82) is 0 Å². The van der Waals surface area contributed by atoms with E-state index in [-0.39, 0.29) is 30.2 Å². The van der Waals surface area contributed by atoms with Crippen LogP contribution in [0.2, 0.25) is 0 Å². The van der Waals surface area contributed by atoms with E-state index in [0.29, 0.717) is 25.2 Å². The highest BCUT2D eigenvalue weighted by Crippen LogP contribution is 2.32. The predicted octanol–water partition coefficient (Wildman–Crippen LogP) is 8.28. The lowest BCUT2D eigenvalue weighted by molar-refractivity contribution is -0.129. The minimum atomic E-state index is -0.382. The molecule has 3 aromatic rings. The fraction of sp³-hybridized carbons (Fsp3) is 0.523. The van der Waals surface area contributed by atoms with Crippen molar-refractivity contribution in [3.63, 3.8) is 0 Å². The molecule has 3 aromatic heterocycles. The van der Waals surface area contributed by atoms with E-state index in [1.54, 1.807) is 16.7 Å². The van der Waals surface area contributed by atoms with Crippen molar-refractivity contribution in [3.05, 3.63) is 75.4 Å². The molecule has 12 heteroatoms. The van der Waals surface area contributed by atoms with Crippen LogP contribution in [0.3, 0.4) is 0 Å². The summed E-state index contributed by atoms with van der Waals surface area (Å²) in [5.41, 5.74) is 16.0. The van der Waals surface area contributed by atoms with Crippen LogP contribution < -0.4 is 0 Å². The van der Waals surface area contributed by atoms with Gasteiger partial charge in [-0.3, -0.25) is 9.78 Å². The first-order valence-corrected chi connectivity index (χ1v) is 21.0. The Kier molecular flexibility index (Phi) is 18.6. The molecule has 5 N–H and O–H groups in total. The normalized spacial score (nSPS) is 18.6. The summed E-state index contributed by atoms with van der Waals surface area (Å²) in [6.45, 7) is 23.8. The maximum absolute atomic E-state index is 11.4. The van der Waals surface area contributed by atoms with Gasteiger partial charge in [0, 0.05) is 77.8 Å². The minimum Gasteiger partial charge on any atom is -0.461 e. The average molecular weight is 786 g/mol. The van der Waals surface area contributed by atoms with Gasteiger partial charge < -0.3 is 34.8 Å². The number of nitrogens with one attached hydrogen (secondary N) is 2. The number of carbonyl (C=O) groups excluding carboxylic acids is 1. The molecule has 0 spiro atoms. The highest BCUT2D eigenvalue weighted by atomic mass is 32.2. The molecule has 3 aliphatic heterocycles. The number of H-pyrrole nitrogens is 2. The number of carbonyl (C=O) groups is 1. The van der Waals surface area contributed by atoms with E-state index in [1.807, 2.05) is 33.9 Å².